The summed E-state index contributed by atoms with van der Waals surface area (Å²) in [7, 11) is 2.09. The lowest BCUT2D eigenvalue weighted by Gasteiger charge is -2.47. The van der Waals surface area contributed by atoms with Crippen LogP contribution in [0, 0.1) is 0 Å². The van der Waals surface area contributed by atoms with Gasteiger partial charge in [-0.25, -0.2) is 4.79 Å². The highest BCUT2D eigenvalue weighted by atomic mass is 19.4. The SMILES string of the molecule is CN1C2CCCC1CC(NC(=O)NCC(F)(F)F)C2. The first kappa shape index (κ1) is 14.4. The van der Waals surface area contributed by atoms with Crippen LogP contribution in [-0.4, -0.2) is 48.8 Å². The molecule has 0 aromatic carbocycles. The molecule has 2 unspecified atom stereocenters. The Morgan fingerprint density at radius 1 is 1.26 bits per heavy atom. The van der Waals surface area contributed by atoms with Gasteiger partial charge in [0.1, 0.15) is 6.54 Å². The highest BCUT2D eigenvalue weighted by Crippen LogP contribution is 2.32. The maximum Gasteiger partial charge on any atom is 0.405 e. The molecule has 2 atom stereocenters. The highest BCUT2D eigenvalue weighted by molar-refractivity contribution is 5.74. The summed E-state index contributed by atoms with van der Waals surface area (Å²) in [4.78, 5) is 13.8. The Hall–Kier alpha value is -0.980. The first-order valence-corrected chi connectivity index (χ1v) is 6.68. The minimum atomic E-state index is -4.36. The van der Waals surface area contributed by atoms with E-state index in [9.17, 15) is 18.0 Å². The lowest BCUT2D eigenvalue weighted by molar-refractivity contribution is -0.122. The van der Waals surface area contributed by atoms with E-state index in [1.165, 1.54) is 6.42 Å². The van der Waals surface area contributed by atoms with E-state index in [0.717, 1.165) is 25.7 Å². The number of amides is 2. The number of fused-ring (bicyclic) bond motifs is 2. The van der Waals surface area contributed by atoms with Gasteiger partial charge >= 0.3 is 12.2 Å². The molecule has 0 aromatic heterocycles. The van der Waals surface area contributed by atoms with Crippen LogP contribution in [0.1, 0.15) is 32.1 Å². The van der Waals surface area contributed by atoms with Crippen molar-refractivity contribution in [2.24, 2.45) is 0 Å². The second kappa shape index (κ2) is 5.56. The van der Waals surface area contributed by atoms with Crippen LogP contribution in [0.2, 0.25) is 0 Å². The molecule has 110 valence electrons. The molecular weight excluding hydrogens is 259 g/mol. The number of alkyl halides is 3. The third kappa shape index (κ3) is 3.99. The molecule has 4 nitrogen and oxygen atoms in total. The number of carbonyl (C=O) groups is 1. The minimum Gasteiger partial charge on any atom is -0.335 e. The van der Waals surface area contributed by atoms with E-state index < -0.39 is 18.8 Å². The third-order valence-corrected chi connectivity index (χ3v) is 4.12. The van der Waals surface area contributed by atoms with Crippen LogP contribution < -0.4 is 10.6 Å². The van der Waals surface area contributed by atoms with Gasteiger partial charge in [0.05, 0.1) is 0 Å². The average Bonchev–Trinajstić information content (AvgIpc) is 2.27. The topological polar surface area (TPSA) is 44.4 Å². The number of urea groups is 1. The zero-order valence-corrected chi connectivity index (χ0v) is 11.0. The molecule has 0 radical (unpaired) electrons. The Morgan fingerprint density at radius 2 is 1.84 bits per heavy atom. The number of halogens is 3. The monoisotopic (exact) mass is 279 g/mol. The number of rotatable bonds is 2. The molecule has 2 aliphatic heterocycles. The Bertz CT molecular complexity index is 321. The van der Waals surface area contributed by atoms with Crippen molar-refractivity contribution in [2.75, 3.05) is 13.6 Å². The van der Waals surface area contributed by atoms with Crippen LogP contribution in [0.25, 0.3) is 0 Å². The van der Waals surface area contributed by atoms with Crippen LogP contribution in [0.3, 0.4) is 0 Å². The molecule has 7 heteroatoms. The van der Waals surface area contributed by atoms with Crippen molar-refractivity contribution < 1.29 is 18.0 Å². The Balaban J connectivity index is 1.79. The number of hydrogen-bond donors (Lipinski definition) is 2. The number of nitrogens with one attached hydrogen (secondary N) is 2. The second-order valence-corrected chi connectivity index (χ2v) is 5.51. The first-order valence-electron chi connectivity index (χ1n) is 6.68. The number of hydrogen-bond acceptors (Lipinski definition) is 2. The molecule has 2 fully saturated rings. The molecule has 2 N–H and O–H groups in total. The van der Waals surface area contributed by atoms with Crippen molar-refractivity contribution in [1.29, 1.82) is 0 Å². The zero-order chi connectivity index (χ0) is 14.0. The van der Waals surface area contributed by atoms with E-state index in [1.54, 1.807) is 0 Å². The summed E-state index contributed by atoms with van der Waals surface area (Å²) in [5.41, 5.74) is 0. The van der Waals surface area contributed by atoms with Crippen LogP contribution in [-0.2, 0) is 0 Å². The third-order valence-electron chi connectivity index (χ3n) is 4.12. The van der Waals surface area contributed by atoms with Gasteiger partial charge in [-0.2, -0.15) is 13.2 Å². The molecular formula is C12H20F3N3O. The predicted octanol–water partition coefficient (Wildman–Crippen LogP) is 1.86. The van der Waals surface area contributed by atoms with Gasteiger partial charge in [-0.1, -0.05) is 6.42 Å². The number of piperidine rings is 2. The fraction of sp³-hybridized carbons (Fsp3) is 0.917. The van der Waals surface area contributed by atoms with E-state index in [-0.39, 0.29) is 6.04 Å². The molecule has 0 spiro atoms. The van der Waals surface area contributed by atoms with Crippen LogP contribution in [0.5, 0.6) is 0 Å². The molecule has 2 heterocycles. The molecule has 2 aliphatic rings. The predicted molar refractivity (Wildman–Crippen MR) is 64.8 cm³/mol. The standard InChI is InChI=1S/C12H20F3N3O/c1-18-9-3-2-4-10(18)6-8(5-9)17-11(19)16-7-12(13,14)15/h8-10H,2-7H2,1H3,(H2,16,17,19). The van der Waals surface area contributed by atoms with E-state index in [1.807, 2.05) is 5.32 Å². The van der Waals surface area contributed by atoms with Crippen molar-refractivity contribution >= 4 is 6.03 Å². The average molecular weight is 279 g/mol. The maximum absolute atomic E-state index is 12.0. The van der Waals surface area contributed by atoms with Gasteiger partial charge in [0.2, 0.25) is 0 Å². The van der Waals surface area contributed by atoms with Crippen molar-refractivity contribution in [1.82, 2.24) is 15.5 Å². The van der Waals surface area contributed by atoms with Gasteiger partial charge < -0.3 is 15.5 Å². The quantitative estimate of drug-likeness (QED) is 0.810. The second-order valence-electron chi connectivity index (χ2n) is 5.51. The Morgan fingerprint density at radius 3 is 2.37 bits per heavy atom. The molecule has 2 saturated heterocycles. The van der Waals surface area contributed by atoms with Gasteiger partial charge in [-0.15, -0.1) is 0 Å². The van der Waals surface area contributed by atoms with Gasteiger partial charge in [0, 0.05) is 18.1 Å². The summed E-state index contributed by atoms with van der Waals surface area (Å²) in [6.45, 7) is -1.28. The van der Waals surface area contributed by atoms with Crippen LogP contribution in [0.4, 0.5) is 18.0 Å². The number of nitrogens with zero attached hydrogens (tertiary/aromatic N) is 1. The van der Waals surface area contributed by atoms with Crippen LogP contribution in [0.15, 0.2) is 0 Å². The summed E-state index contributed by atoms with van der Waals surface area (Å²) in [6.07, 6.45) is 0.705. The van der Waals surface area contributed by atoms with Crippen molar-refractivity contribution in [3.05, 3.63) is 0 Å². The smallest absolute Gasteiger partial charge is 0.335 e. The van der Waals surface area contributed by atoms with Gasteiger partial charge in [0.25, 0.3) is 0 Å². The molecule has 0 aliphatic carbocycles. The zero-order valence-electron chi connectivity index (χ0n) is 11.0. The van der Waals surface area contributed by atoms with Gasteiger partial charge in [0.15, 0.2) is 0 Å². The minimum absolute atomic E-state index is 0.0141. The van der Waals surface area contributed by atoms with Crippen molar-refractivity contribution in [3.63, 3.8) is 0 Å². The summed E-state index contributed by atoms with van der Waals surface area (Å²) in [6, 6.07) is 0.158. The van der Waals surface area contributed by atoms with Gasteiger partial charge in [-0.3, -0.25) is 0 Å². The lowest BCUT2D eigenvalue weighted by Crippen LogP contribution is -2.56. The maximum atomic E-state index is 12.0. The fourth-order valence-electron chi connectivity index (χ4n) is 3.15. The first-order chi connectivity index (χ1) is 8.85. The summed E-state index contributed by atoms with van der Waals surface area (Å²) in [5, 5.41) is 4.52. The van der Waals surface area contributed by atoms with Crippen molar-refractivity contribution in [3.8, 4) is 0 Å². The molecule has 0 aromatic rings. The normalized spacial score (nSPS) is 31.9. The molecule has 19 heavy (non-hydrogen) atoms. The number of carbonyl (C=O) groups excluding carboxylic acids is 1. The van der Waals surface area contributed by atoms with E-state index in [2.05, 4.69) is 17.3 Å². The van der Waals surface area contributed by atoms with Crippen molar-refractivity contribution in [2.45, 2.75) is 56.4 Å². The Kier molecular flexibility index (Phi) is 4.23. The van der Waals surface area contributed by atoms with Crippen LogP contribution >= 0.6 is 0 Å². The van der Waals surface area contributed by atoms with E-state index >= 15 is 0 Å². The summed E-state index contributed by atoms with van der Waals surface area (Å²) < 4.78 is 36.0. The molecule has 2 bridgehead atoms. The molecule has 2 rings (SSSR count). The lowest BCUT2D eigenvalue weighted by atomic mass is 9.82. The van der Waals surface area contributed by atoms with E-state index in [0.29, 0.717) is 12.1 Å². The summed E-state index contributed by atoms with van der Waals surface area (Å²) >= 11 is 0. The fourth-order valence-corrected chi connectivity index (χ4v) is 3.15. The Labute approximate surface area is 110 Å². The van der Waals surface area contributed by atoms with Gasteiger partial charge in [-0.05, 0) is 32.7 Å². The molecule has 0 saturated carbocycles. The van der Waals surface area contributed by atoms with E-state index in [4.69, 9.17) is 0 Å². The summed E-state index contributed by atoms with van der Waals surface area (Å²) in [5.74, 6) is 0. The highest BCUT2D eigenvalue weighted by Gasteiger charge is 2.36. The largest absolute Gasteiger partial charge is 0.405 e. The molecule has 2 amide bonds.